The first-order chi connectivity index (χ1) is 17.7. The van der Waals surface area contributed by atoms with E-state index in [-0.39, 0.29) is 11.3 Å². The molecule has 0 saturated heterocycles. The number of aryl methyl sites for hydroxylation is 1. The van der Waals surface area contributed by atoms with Gasteiger partial charge in [0, 0.05) is 23.4 Å². The molecule has 0 atom stereocenters. The van der Waals surface area contributed by atoms with E-state index in [1.807, 2.05) is 37.3 Å². The van der Waals surface area contributed by atoms with Crippen LogP contribution in [0.1, 0.15) is 46.1 Å². The summed E-state index contributed by atoms with van der Waals surface area (Å²) in [6.07, 6.45) is -1.81. The number of anilines is 1. The third-order valence-electron chi connectivity index (χ3n) is 6.02. The predicted molar refractivity (Wildman–Crippen MR) is 128 cm³/mol. The average molecular weight is 509 g/mol. The van der Waals surface area contributed by atoms with Gasteiger partial charge in [0.2, 0.25) is 0 Å². The minimum Gasteiger partial charge on any atom is -0.489 e. The van der Waals surface area contributed by atoms with Crippen LogP contribution in [0.5, 0.6) is 5.75 Å². The molecule has 37 heavy (non-hydrogen) atoms. The lowest BCUT2D eigenvalue weighted by atomic mass is 10.2. The maximum absolute atomic E-state index is 13.3. The quantitative estimate of drug-likeness (QED) is 0.309. The molecule has 2 heterocycles. The predicted octanol–water partition coefficient (Wildman–Crippen LogP) is 5.77. The third-order valence-corrected chi connectivity index (χ3v) is 6.02. The molecule has 2 aromatic carbocycles. The lowest BCUT2D eigenvalue weighted by Gasteiger charge is -2.22. The minimum absolute atomic E-state index is 0.00292. The first kappa shape index (κ1) is 24.4. The van der Waals surface area contributed by atoms with Crippen molar-refractivity contribution in [3.8, 4) is 5.75 Å². The summed E-state index contributed by atoms with van der Waals surface area (Å²) in [6, 6.07) is 18.2. The molecule has 1 amide bonds. The van der Waals surface area contributed by atoms with Crippen LogP contribution < -0.4 is 9.80 Å². The number of rotatable bonds is 6. The van der Waals surface area contributed by atoms with Crippen molar-refractivity contribution in [3.63, 3.8) is 0 Å². The lowest BCUT2D eigenvalue weighted by molar-refractivity contribution is -0.200. The van der Waals surface area contributed by atoms with E-state index in [2.05, 4.69) is 9.82 Å². The monoisotopic (exact) mass is 509 g/mol. The Balaban J connectivity index is 1.42. The van der Waals surface area contributed by atoms with Crippen molar-refractivity contribution in [3.05, 3.63) is 95.4 Å². The van der Waals surface area contributed by atoms with Crippen molar-refractivity contribution in [2.45, 2.75) is 38.5 Å². The van der Waals surface area contributed by atoms with E-state index in [1.165, 1.54) is 36.5 Å². The zero-order valence-electron chi connectivity index (χ0n) is 19.7. The number of hydrogen-bond acceptors (Lipinski definition) is 5. The molecule has 0 spiro atoms. The van der Waals surface area contributed by atoms with Crippen molar-refractivity contribution in [1.82, 2.24) is 9.38 Å². The standard InChI is InChI=1S/C27H22F3N3O4/c1-17-24(19-7-8-19)31-23-14-11-21(15-32(17)23)33(37-26(35)27(28,29)30)25(34)20-9-12-22(13-10-20)36-16-18-5-3-2-4-6-18/h2-6,9-15,19H,7-8,16H2,1H3. The number of ether oxygens (including phenoxy) is 1. The van der Waals surface area contributed by atoms with Gasteiger partial charge in [-0.25, -0.2) is 9.78 Å². The summed E-state index contributed by atoms with van der Waals surface area (Å²) in [5.41, 5.74) is 3.20. The summed E-state index contributed by atoms with van der Waals surface area (Å²) in [5.74, 6) is -2.65. The lowest BCUT2D eigenvalue weighted by Crippen LogP contribution is -2.39. The maximum atomic E-state index is 13.3. The van der Waals surface area contributed by atoms with Crippen LogP contribution in [0.2, 0.25) is 0 Å². The van der Waals surface area contributed by atoms with E-state index in [0.717, 1.165) is 29.8 Å². The van der Waals surface area contributed by atoms with Gasteiger partial charge in [-0.05, 0) is 61.7 Å². The van der Waals surface area contributed by atoms with E-state index in [1.54, 1.807) is 10.5 Å². The molecule has 1 aliphatic rings. The second kappa shape index (κ2) is 9.61. The normalized spacial score (nSPS) is 13.4. The molecule has 0 bridgehead atoms. The molecule has 1 saturated carbocycles. The molecular formula is C27H22F3N3O4. The number of pyridine rings is 1. The van der Waals surface area contributed by atoms with Gasteiger partial charge in [-0.2, -0.15) is 13.2 Å². The van der Waals surface area contributed by atoms with Crippen molar-refractivity contribution in [2.24, 2.45) is 0 Å². The number of nitrogens with zero attached hydrogens (tertiary/aromatic N) is 3. The van der Waals surface area contributed by atoms with Crippen LogP contribution in [0.15, 0.2) is 72.9 Å². The molecule has 190 valence electrons. The van der Waals surface area contributed by atoms with Gasteiger partial charge < -0.3 is 14.0 Å². The molecule has 2 aromatic heterocycles. The highest BCUT2D eigenvalue weighted by Gasteiger charge is 2.44. The highest BCUT2D eigenvalue weighted by molar-refractivity contribution is 6.05. The van der Waals surface area contributed by atoms with Gasteiger partial charge in [-0.1, -0.05) is 30.3 Å². The topological polar surface area (TPSA) is 73.1 Å². The number of hydrogen-bond donors (Lipinski definition) is 0. The summed E-state index contributed by atoms with van der Waals surface area (Å²) in [7, 11) is 0. The molecule has 5 rings (SSSR count). The molecule has 1 fully saturated rings. The fourth-order valence-electron chi connectivity index (χ4n) is 3.93. The number of aromatic nitrogens is 2. The number of halogens is 3. The molecule has 0 radical (unpaired) electrons. The summed E-state index contributed by atoms with van der Waals surface area (Å²) in [4.78, 5) is 34.1. The first-order valence-electron chi connectivity index (χ1n) is 11.6. The molecule has 10 heteroatoms. The molecule has 4 aromatic rings. The van der Waals surface area contributed by atoms with Crippen molar-refractivity contribution in [2.75, 3.05) is 5.06 Å². The minimum atomic E-state index is -5.29. The number of carbonyl (C=O) groups is 2. The van der Waals surface area contributed by atoms with E-state index >= 15 is 0 Å². The molecule has 7 nitrogen and oxygen atoms in total. The van der Waals surface area contributed by atoms with Crippen molar-refractivity contribution >= 4 is 23.2 Å². The molecular weight excluding hydrogens is 487 g/mol. The zero-order chi connectivity index (χ0) is 26.2. The number of fused-ring (bicyclic) bond motifs is 1. The largest absolute Gasteiger partial charge is 0.493 e. The van der Waals surface area contributed by atoms with Gasteiger partial charge in [0.1, 0.15) is 23.7 Å². The second-order valence-corrected chi connectivity index (χ2v) is 8.75. The highest BCUT2D eigenvalue weighted by Crippen LogP contribution is 2.41. The van der Waals surface area contributed by atoms with Crippen molar-refractivity contribution in [1.29, 1.82) is 0 Å². The van der Waals surface area contributed by atoms with Gasteiger partial charge in [0.25, 0.3) is 5.91 Å². The highest BCUT2D eigenvalue weighted by atomic mass is 19.4. The maximum Gasteiger partial charge on any atom is 0.493 e. The second-order valence-electron chi connectivity index (χ2n) is 8.75. The Morgan fingerprint density at radius 2 is 1.73 bits per heavy atom. The van der Waals surface area contributed by atoms with E-state index in [0.29, 0.717) is 29.0 Å². The van der Waals surface area contributed by atoms with Gasteiger partial charge >= 0.3 is 12.1 Å². The van der Waals surface area contributed by atoms with Crippen LogP contribution in [0.3, 0.4) is 0 Å². The fraction of sp³-hybridized carbons (Fsp3) is 0.222. The Labute approximate surface area is 210 Å². The number of alkyl halides is 3. The smallest absolute Gasteiger partial charge is 0.489 e. The number of hydroxylamine groups is 1. The van der Waals surface area contributed by atoms with Crippen LogP contribution in [0.25, 0.3) is 5.65 Å². The summed E-state index contributed by atoms with van der Waals surface area (Å²) in [6.45, 7) is 2.15. The fourth-order valence-corrected chi connectivity index (χ4v) is 3.93. The Kier molecular flexibility index (Phi) is 6.32. The van der Waals surface area contributed by atoms with Crippen molar-refractivity contribution < 1.29 is 32.3 Å². The molecule has 0 unspecified atom stereocenters. The molecule has 1 aliphatic carbocycles. The van der Waals surface area contributed by atoms with Crippen LogP contribution in [0.4, 0.5) is 18.9 Å². The first-order valence-corrected chi connectivity index (χ1v) is 11.6. The Morgan fingerprint density at radius 3 is 2.38 bits per heavy atom. The van der Waals surface area contributed by atoms with Crippen LogP contribution in [-0.2, 0) is 16.2 Å². The number of benzene rings is 2. The average Bonchev–Trinajstić information content (AvgIpc) is 3.69. The molecule has 0 aliphatic heterocycles. The Hall–Kier alpha value is -4.34. The summed E-state index contributed by atoms with van der Waals surface area (Å²) in [5, 5.41) is 0.353. The van der Waals surface area contributed by atoms with E-state index in [4.69, 9.17) is 4.74 Å². The van der Waals surface area contributed by atoms with E-state index < -0.39 is 18.1 Å². The number of imidazole rings is 1. The van der Waals surface area contributed by atoms with E-state index in [9.17, 15) is 22.8 Å². The molecule has 0 N–H and O–H groups in total. The SMILES string of the molecule is Cc1c(C2CC2)nc2ccc(N(OC(=O)C(F)(F)F)C(=O)c3ccc(OCc4ccccc4)cc3)cn12. The zero-order valence-corrected chi connectivity index (χ0v) is 19.7. The van der Waals surface area contributed by atoms with Crippen LogP contribution in [-0.4, -0.2) is 27.4 Å². The third kappa shape index (κ3) is 5.28. The van der Waals surface area contributed by atoms with Gasteiger partial charge in [0.15, 0.2) is 0 Å². The number of amides is 1. The van der Waals surface area contributed by atoms with Gasteiger partial charge in [-0.15, -0.1) is 5.06 Å². The Morgan fingerprint density at radius 1 is 1.03 bits per heavy atom. The summed E-state index contributed by atoms with van der Waals surface area (Å²) >= 11 is 0. The van der Waals surface area contributed by atoms with Gasteiger partial charge in [0.05, 0.1) is 5.69 Å². The summed E-state index contributed by atoms with van der Waals surface area (Å²) < 4.78 is 46.5. The van der Waals surface area contributed by atoms with Crippen LogP contribution in [0, 0.1) is 6.92 Å². The van der Waals surface area contributed by atoms with Gasteiger partial charge in [-0.3, -0.25) is 4.79 Å². The van der Waals surface area contributed by atoms with Crippen LogP contribution >= 0.6 is 0 Å². The number of carbonyl (C=O) groups excluding carboxylic acids is 2. The Bertz CT molecular complexity index is 1450.